The summed E-state index contributed by atoms with van der Waals surface area (Å²) in [5.74, 6) is 0. The Hall–Kier alpha value is -1.38. The average molecular weight is 345 g/mol. The maximum Gasteiger partial charge on any atom is 0.0965 e. The van der Waals surface area contributed by atoms with E-state index in [1.54, 1.807) is 6.08 Å². The van der Waals surface area contributed by atoms with E-state index >= 15 is 0 Å². The molecule has 1 aliphatic rings. The molecule has 140 valence electrons. The van der Waals surface area contributed by atoms with Crippen molar-refractivity contribution in [3.8, 4) is 0 Å². The van der Waals surface area contributed by atoms with Crippen molar-refractivity contribution >= 4 is 0 Å². The van der Waals surface area contributed by atoms with Crippen molar-refractivity contribution in [2.24, 2.45) is 0 Å². The normalized spacial score (nSPS) is 22.2. The largest absolute Gasteiger partial charge is 0.385 e. The zero-order valence-electron chi connectivity index (χ0n) is 16.9. The molecule has 2 unspecified atom stereocenters. The Morgan fingerprint density at radius 1 is 0.880 bits per heavy atom. The second kappa shape index (κ2) is 10.6. The van der Waals surface area contributed by atoms with Crippen LogP contribution in [0.5, 0.6) is 0 Å². The van der Waals surface area contributed by atoms with Gasteiger partial charge in [-0.15, -0.1) is 0 Å². The summed E-state index contributed by atoms with van der Waals surface area (Å²) in [6.45, 7) is 12.4. The molecule has 1 aliphatic carbocycles. The highest BCUT2D eigenvalue weighted by molar-refractivity contribution is 5.37. The fourth-order valence-corrected chi connectivity index (χ4v) is 2.96. The van der Waals surface area contributed by atoms with Gasteiger partial charge in [0.1, 0.15) is 0 Å². The number of rotatable bonds is 8. The predicted molar refractivity (Wildman–Crippen MR) is 109 cm³/mol. The third-order valence-electron chi connectivity index (χ3n) is 5.01. The van der Waals surface area contributed by atoms with Crippen LogP contribution < -0.4 is 0 Å². The topological polar surface area (TPSA) is 40.5 Å². The number of hydrogen-bond donors (Lipinski definition) is 2. The van der Waals surface area contributed by atoms with E-state index in [0.29, 0.717) is 6.42 Å². The standard InChI is InChI=1S/C23H36O2/c1-16(2)9-7-10-17(3)11-8-12-18(4)13-14-21-15-22(24)19(5)20(6)23(21)25/h9,11,13,15,22-25H,7-8,10,12,14H2,1-6H3/b17-11+,18-13+. The van der Waals surface area contributed by atoms with E-state index in [9.17, 15) is 10.2 Å². The highest BCUT2D eigenvalue weighted by atomic mass is 16.3. The Morgan fingerprint density at radius 3 is 2.04 bits per heavy atom. The Balaban J connectivity index is 2.47. The van der Waals surface area contributed by atoms with E-state index in [4.69, 9.17) is 0 Å². The molecular weight excluding hydrogens is 308 g/mol. The summed E-state index contributed by atoms with van der Waals surface area (Å²) in [4.78, 5) is 0. The smallest absolute Gasteiger partial charge is 0.0965 e. The summed E-state index contributed by atoms with van der Waals surface area (Å²) in [6, 6.07) is 0. The Kier molecular flexibility index (Phi) is 9.16. The van der Waals surface area contributed by atoms with Crippen LogP contribution in [0.4, 0.5) is 0 Å². The summed E-state index contributed by atoms with van der Waals surface area (Å²) < 4.78 is 0. The van der Waals surface area contributed by atoms with E-state index in [1.165, 1.54) is 16.7 Å². The maximum absolute atomic E-state index is 10.3. The number of aliphatic hydroxyl groups is 2. The maximum atomic E-state index is 10.3. The minimum atomic E-state index is -0.557. The van der Waals surface area contributed by atoms with Gasteiger partial charge in [-0.25, -0.2) is 0 Å². The summed E-state index contributed by atoms with van der Waals surface area (Å²) in [5.41, 5.74) is 6.83. The second-order valence-electron chi connectivity index (χ2n) is 7.62. The first-order chi connectivity index (χ1) is 11.7. The van der Waals surface area contributed by atoms with Crippen LogP contribution in [-0.4, -0.2) is 22.4 Å². The lowest BCUT2D eigenvalue weighted by atomic mass is 9.87. The van der Waals surface area contributed by atoms with Gasteiger partial charge in [0.25, 0.3) is 0 Å². The molecule has 1 rings (SSSR count). The van der Waals surface area contributed by atoms with Gasteiger partial charge in [0.2, 0.25) is 0 Å². The highest BCUT2D eigenvalue weighted by Crippen LogP contribution is 2.27. The van der Waals surface area contributed by atoms with Gasteiger partial charge in [-0.05, 0) is 96.4 Å². The summed E-state index contributed by atoms with van der Waals surface area (Å²) in [5, 5.41) is 20.4. The zero-order valence-corrected chi connectivity index (χ0v) is 16.9. The van der Waals surface area contributed by atoms with Crippen molar-refractivity contribution in [3.05, 3.63) is 57.7 Å². The van der Waals surface area contributed by atoms with Crippen molar-refractivity contribution in [3.63, 3.8) is 0 Å². The summed E-state index contributed by atoms with van der Waals surface area (Å²) >= 11 is 0. The Morgan fingerprint density at radius 2 is 1.44 bits per heavy atom. The van der Waals surface area contributed by atoms with E-state index in [1.807, 2.05) is 13.8 Å². The first kappa shape index (κ1) is 21.7. The molecule has 0 saturated carbocycles. The fourth-order valence-electron chi connectivity index (χ4n) is 2.96. The van der Waals surface area contributed by atoms with Crippen molar-refractivity contribution in [2.75, 3.05) is 0 Å². The minimum Gasteiger partial charge on any atom is -0.385 e. The van der Waals surface area contributed by atoms with E-state index < -0.39 is 12.2 Å². The van der Waals surface area contributed by atoms with Crippen molar-refractivity contribution in [1.29, 1.82) is 0 Å². The lowest BCUT2D eigenvalue weighted by molar-refractivity contribution is 0.209. The van der Waals surface area contributed by atoms with Crippen LogP contribution in [0.3, 0.4) is 0 Å². The van der Waals surface area contributed by atoms with Crippen molar-refractivity contribution in [1.82, 2.24) is 0 Å². The predicted octanol–water partition coefficient (Wildman–Crippen LogP) is 5.79. The second-order valence-corrected chi connectivity index (χ2v) is 7.62. The average Bonchev–Trinajstić information content (AvgIpc) is 2.54. The van der Waals surface area contributed by atoms with E-state index in [2.05, 4.69) is 45.9 Å². The van der Waals surface area contributed by atoms with Gasteiger partial charge in [-0.1, -0.05) is 34.9 Å². The van der Waals surface area contributed by atoms with Crippen LogP contribution in [0.15, 0.2) is 57.7 Å². The molecule has 2 atom stereocenters. The van der Waals surface area contributed by atoms with Crippen LogP contribution in [0.2, 0.25) is 0 Å². The lowest BCUT2D eigenvalue weighted by Crippen LogP contribution is -2.23. The molecule has 0 saturated heterocycles. The van der Waals surface area contributed by atoms with Gasteiger partial charge in [-0.2, -0.15) is 0 Å². The molecule has 25 heavy (non-hydrogen) atoms. The molecule has 0 aromatic rings. The summed E-state index contributed by atoms with van der Waals surface area (Å²) in [6.07, 6.45) is 12.6. The molecule has 0 fully saturated rings. The summed E-state index contributed by atoms with van der Waals surface area (Å²) in [7, 11) is 0. The molecule has 2 N–H and O–H groups in total. The van der Waals surface area contributed by atoms with E-state index in [0.717, 1.165) is 42.4 Å². The quantitative estimate of drug-likeness (QED) is 0.547. The number of allylic oxidation sites excluding steroid dienone is 6. The molecule has 0 aromatic carbocycles. The Bertz CT molecular complexity index is 596. The molecule has 0 radical (unpaired) electrons. The highest BCUT2D eigenvalue weighted by Gasteiger charge is 2.22. The van der Waals surface area contributed by atoms with Crippen LogP contribution in [0.1, 0.15) is 73.6 Å². The number of aliphatic hydroxyl groups excluding tert-OH is 2. The molecule has 2 heteroatoms. The SMILES string of the molecule is CC(C)=CCC/C(C)=C/CC/C(C)=C/CC1=CC(O)C(C)=C(C)C1O. The van der Waals surface area contributed by atoms with Gasteiger partial charge >= 0.3 is 0 Å². The number of hydrogen-bond acceptors (Lipinski definition) is 2. The lowest BCUT2D eigenvalue weighted by Gasteiger charge is -2.25. The monoisotopic (exact) mass is 344 g/mol. The molecule has 0 bridgehead atoms. The minimum absolute atomic E-state index is 0.551. The third kappa shape index (κ3) is 7.58. The van der Waals surface area contributed by atoms with Crippen LogP contribution in [0, 0.1) is 0 Å². The first-order valence-corrected chi connectivity index (χ1v) is 9.41. The molecule has 0 heterocycles. The molecule has 0 aliphatic heterocycles. The van der Waals surface area contributed by atoms with Gasteiger partial charge in [0.05, 0.1) is 12.2 Å². The molecule has 0 aromatic heterocycles. The van der Waals surface area contributed by atoms with Crippen molar-refractivity contribution < 1.29 is 10.2 Å². The first-order valence-electron chi connectivity index (χ1n) is 9.41. The molecular formula is C23H36O2. The third-order valence-corrected chi connectivity index (χ3v) is 5.01. The van der Waals surface area contributed by atoms with Crippen LogP contribution >= 0.6 is 0 Å². The van der Waals surface area contributed by atoms with Crippen LogP contribution in [-0.2, 0) is 0 Å². The Labute approximate surface area is 154 Å². The van der Waals surface area contributed by atoms with Gasteiger partial charge in [0.15, 0.2) is 0 Å². The van der Waals surface area contributed by atoms with Gasteiger partial charge < -0.3 is 10.2 Å². The molecule has 2 nitrogen and oxygen atoms in total. The van der Waals surface area contributed by atoms with E-state index in [-0.39, 0.29) is 0 Å². The van der Waals surface area contributed by atoms with Crippen LogP contribution in [0.25, 0.3) is 0 Å². The molecule has 0 spiro atoms. The zero-order chi connectivity index (χ0) is 19.0. The van der Waals surface area contributed by atoms with Gasteiger partial charge in [0, 0.05) is 0 Å². The fraction of sp³-hybridized carbons (Fsp3) is 0.565. The molecule has 0 amide bonds. The van der Waals surface area contributed by atoms with Gasteiger partial charge in [-0.3, -0.25) is 0 Å². The van der Waals surface area contributed by atoms with Crippen molar-refractivity contribution in [2.45, 2.75) is 85.9 Å².